The minimum absolute atomic E-state index is 0. The summed E-state index contributed by atoms with van der Waals surface area (Å²) < 4.78 is 0. The number of aryl methyl sites for hydroxylation is 1. The Morgan fingerprint density at radius 3 is 1.97 bits per heavy atom. The predicted molar refractivity (Wildman–Crippen MR) is 135 cm³/mol. The molecule has 0 radical (unpaired) electrons. The lowest BCUT2D eigenvalue weighted by Crippen LogP contribution is -2.32. The summed E-state index contributed by atoms with van der Waals surface area (Å²) in [6.45, 7) is 3.58. The standard InChI is InChI=1S/C26H31N3.2ClH/c1-4-10-22(11-5-1)26(23-12-6-2-7-13-23)24-15-18-29(19-16-24)17-9-3-8-14-25-20-27-21-28-25;;/h1-2,4-7,10-13,20-21H,3,8-9,14-19H2,(H,27,28);2*1H. The van der Waals surface area contributed by atoms with Crippen LogP contribution >= 0.6 is 24.8 Å². The largest absolute Gasteiger partial charge is 0.348 e. The summed E-state index contributed by atoms with van der Waals surface area (Å²) in [6.07, 6.45) is 11.0. The average molecular weight is 458 g/mol. The Morgan fingerprint density at radius 2 is 1.42 bits per heavy atom. The van der Waals surface area contributed by atoms with Gasteiger partial charge in [-0.25, -0.2) is 4.98 Å². The molecule has 3 nitrogen and oxygen atoms in total. The Kier molecular flexibility index (Phi) is 10.9. The first-order chi connectivity index (χ1) is 14.4. The van der Waals surface area contributed by atoms with E-state index < -0.39 is 0 Å². The van der Waals surface area contributed by atoms with Gasteiger partial charge in [0.05, 0.1) is 6.33 Å². The van der Waals surface area contributed by atoms with Crippen molar-refractivity contribution in [1.29, 1.82) is 0 Å². The quantitative estimate of drug-likeness (QED) is 0.388. The van der Waals surface area contributed by atoms with Crippen molar-refractivity contribution >= 4 is 30.4 Å². The zero-order valence-corrected chi connectivity index (χ0v) is 19.6. The first-order valence-corrected chi connectivity index (χ1v) is 10.9. The smallest absolute Gasteiger partial charge is 0.0921 e. The lowest BCUT2D eigenvalue weighted by atomic mass is 9.88. The van der Waals surface area contributed by atoms with Gasteiger partial charge in [-0.2, -0.15) is 0 Å². The highest BCUT2D eigenvalue weighted by atomic mass is 35.5. The molecule has 1 aliphatic heterocycles. The molecule has 2 heterocycles. The van der Waals surface area contributed by atoms with Crippen molar-refractivity contribution in [1.82, 2.24) is 14.9 Å². The maximum Gasteiger partial charge on any atom is 0.0921 e. The number of hydrogen-bond acceptors (Lipinski definition) is 2. The highest BCUT2D eigenvalue weighted by Crippen LogP contribution is 2.32. The molecule has 1 aromatic heterocycles. The Bertz CT molecular complexity index is 841. The normalized spacial score (nSPS) is 13.9. The van der Waals surface area contributed by atoms with Gasteiger partial charge in [-0.15, -0.1) is 24.8 Å². The van der Waals surface area contributed by atoms with Crippen LogP contribution in [0, 0.1) is 0 Å². The van der Waals surface area contributed by atoms with E-state index in [1.54, 1.807) is 11.9 Å². The van der Waals surface area contributed by atoms with Crippen LogP contribution in [0.4, 0.5) is 0 Å². The zero-order chi connectivity index (χ0) is 19.7. The van der Waals surface area contributed by atoms with Crippen LogP contribution in [-0.2, 0) is 6.42 Å². The van der Waals surface area contributed by atoms with Crippen LogP contribution in [0.25, 0.3) is 5.57 Å². The van der Waals surface area contributed by atoms with E-state index in [4.69, 9.17) is 0 Å². The fourth-order valence-corrected chi connectivity index (χ4v) is 4.33. The number of nitrogens with zero attached hydrogens (tertiary/aromatic N) is 2. The van der Waals surface area contributed by atoms with Gasteiger partial charge in [0.1, 0.15) is 0 Å². The molecule has 4 rings (SSSR count). The van der Waals surface area contributed by atoms with Crippen LogP contribution in [0.3, 0.4) is 0 Å². The summed E-state index contributed by atoms with van der Waals surface area (Å²) in [5.41, 5.74) is 7.01. The Hall–Kier alpha value is -2.07. The number of nitrogens with one attached hydrogen (secondary N) is 1. The molecule has 31 heavy (non-hydrogen) atoms. The summed E-state index contributed by atoms with van der Waals surface area (Å²) in [4.78, 5) is 9.93. The molecule has 1 saturated heterocycles. The van der Waals surface area contributed by atoms with E-state index in [9.17, 15) is 0 Å². The zero-order valence-electron chi connectivity index (χ0n) is 18.0. The van der Waals surface area contributed by atoms with E-state index in [-0.39, 0.29) is 24.8 Å². The number of aromatic amines is 1. The number of aromatic nitrogens is 2. The van der Waals surface area contributed by atoms with Crippen LogP contribution in [0.1, 0.15) is 48.9 Å². The number of halogens is 2. The molecule has 0 saturated carbocycles. The van der Waals surface area contributed by atoms with Crippen molar-refractivity contribution in [3.05, 3.63) is 95.6 Å². The SMILES string of the molecule is Cl.Cl.c1ccc(C(=C2CCN(CCCCCc3cnc[nH]3)CC2)c2ccccc2)cc1. The summed E-state index contributed by atoms with van der Waals surface area (Å²) in [5.74, 6) is 0. The molecule has 1 fully saturated rings. The van der Waals surface area contributed by atoms with Crippen molar-refractivity contribution in [3.8, 4) is 0 Å². The molecule has 2 aromatic carbocycles. The van der Waals surface area contributed by atoms with E-state index >= 15 is 0 Å². The number of likely N-dealkylation sites (tertiary alicyclic amines) is 1. The van der Waals surface area contributed by atoms with Crippen molar-refractivity contribution in [2.75, 3.05) is 19.6 Å². The van der Waals surface area contributed by atoms with Crippen LogP contribution in [0.15, 0.2) is 78.8 Å². The van der Waals surface area contributed by atoms with Gasteiger partial charge in [-0.3, -0.25) is 0 Å². The fraction of sp³-hybridized carbons (Fsp3) is 0.346. The van der Waals surface area contributed by atoms with Gasteiger partial charge in [0.2, 0.25) is 0 Å². The number of benzene rings is 2. The third kappa shape index (κ3) is 7.24. The second kappa shape index (κ2) is 13.4. The molecular formula is C26H33Cl2N3. The molecule has 0 aliphatic carbocycles. The third-order valence-corrected chi connectivity index (χ3v) is 5.91. The van der Waals surface area contributed by atoms with Gasteiger partial charge in [0, 0.05) is 25.0 Å². The number of imidazole rings is 1. The summed E-state index contributed by atoms with van der Waals surface area (Å²) >= 11 is 0. The summed E-state index contributed by atoms with van der Waals surface area (Å²) in [6, 6.07) is 21.8. The van der Waals surface area contributed by atoms with Crippen LogP contribution in [0.5, 0.6) is 0 Å². The number of piperidine rings is 1. The highest BCUT2D eigenvalue weighted by Gasteiger charge is 2.18. The molecule has 3 aromatic rings. The van der Waals surface area contributed by atoms with Crippen LogP contribution < -0.4 is 0 Å². The molecule has 5 heteroatoms. The van der Waals surface area contributed by atoms with Gasteiger partial charge >= 0.3 is 0 Å². The van der Waals surface area contributed by atoms with E-state index in [2.05, 4.69) is 75.5 Å². The Balaban J connectivity index is 0.00000171. The molecule has 1 aliphatic rings. The number of rotatable bonds is 8. The third-order valence-electron chi connectivity index (χ3n) is 5.91. The molecule has 0 bridgehead atoms. The van der Waals surface area contributed by atoms with Crippen LogP contribution in [-0.4, -0.2) is 34.5 Å². The minimum Gasteiger partial charge on any atom is -0.348 e. The predicted octanol–water partition coefficient (Wildman–Crippen LogP) is 6.56. The second-order valence-corrected chi connectivity index (χ2v) is 7.94. The molecule has 1 N–H and O–H groups in total. The van der Waals surface area contributed by atoms with Gasteiger partial charge in [0.15, 0.2) is 0 Å². The van der Waals surface area contributed by atoms with Gasteiger partial charge in [-0.1, -0.05) is 72.7 Å². The van der Waals surface area contributed by atoms with Crippen LogP contribution in [0.2, 0.25) is 0 Å². The van der Waals surface area contributed by atoms with Crippen molar-refractivity contribution in [2.24, 2.45) is 0 Å². The maximum atomic E-state index is 4.09. The van der Waals surface area contributed by atoms with E-state index in [0.717, 1.165) is 6.42 Å². The highest BCUT2D eigenvalue weighted by molar-refractivity contribution is 5.85. The lowest BCUT2D eigenvalue weighted by Gasteiger charge is -2.30. The first-order valence-electron chi connectivity index (χ1n) is 10.9. The van der Waals surface area contributed by atoms with E-state index in [0.29, 0.717) is 0 Å². The molecule has 0 spiro atoms. The van der Waals surface area contributed by atoms with Gasteiger partial charge < -0.3 is 9.88 Å². The fourth-order valence-electron chi connectivity index (χ4n) is 4.33. The molecular weight excluding hydrogens is 425 g/mol. The second-order valence-electron chi connectivity index (χ2n) is 7.94. The lowest BCUT2D eigenvalue weighted by molar-refractivity contribution is 0.251. The molecule has 0 atom stereocenters. The Labute approximate surface area is 198 Å². The Morgan fingerprint density at radius 1 is 0.806 bits per heavy atom. The minimum atomic E-state index is 0. The maximum absolute atomic E-state index is 4.09. The molecule has 0 unspecified atom stereocenters. The van der Waals surface area contributed by atoms with E-state index in [1.807, 2.05) is 6.20 Å². The molecule has 0 amide bonds. The number of H-pyrrole nitrogens is 1. The van der Waals surface area contributed by atoms with E-state index in [1.165, 1.54) is 74.1 Å². The van der Waals surface area contributed by atoms with Gasteiger partial charge in [0.25, 0.3) is 0 Å². The molecule has 166 valence electrons. The number of unbranched alkanes of at least 4 members (excludes halogenated alkanes) is 2. The van der Waals surface area contributed by atoms with Crippen molar-refractivity contribution in [2.45, 2.75) is 38.5 Å². The first kappa shape index (κ1) is 25.2. The topological polar surface area (TPSA) is 31.9 Å². The average Bonchev–Trinajstić information content (AvgIpc) is 3.30. The van der Waals surface area contributed by atoms with Crippen molar-refractivity contribution in [3.63, 3.8) is 0 Å². The summed E-state index contributed by atoms with van der Waals surface area (Å²) in [5, 5.41) is 0. The number of hydrogen-bond donors (Lipinski definition) is 1. The van der Waals surface area contributed by atoms with Gasteiger partial charge in [-0.05, 0) is 55.3 Å². The monoisotopic (exact) mass is 457 g/mol. The van der Waals surface area contributed by atoms with Crippen molar-refractivity contribution < 1.29 is 0 Å². The summed E-state index contributed by atoms with van der Waals surface area (Å²) in [7, 11) is 0.